The number of allylic oxidation sites excluding steroid dienone is 7. The highest BCUT2D eigenvalue weighted by atomic mass is 16.5. The average Bonchev–Trinajstić information content (AvgIpc) is 3.16. The van der Waals surface area contributed by atoms with E-state index in [0.29, 0.717) is 13.2 Å². The zero-order chi connectivity index (χ0) is 39.8. The van der Waals surface area contributed by atoms with Crippen molar-refractivity contribution in [3.05, 3.63) is 71.3 Å². The van der Waals surface area contributed by atoms with Crippen molar-refractivity contribution in [2.75, 3.05) is 26.8 Å². The minimum atomic E-state index is -0.184. The molecule has 2 N–H and O–H groups in total. The van der Waals surface area contributed by atoms with Gasteiger partial charge in [0.05, 0.1) is 25.8 Å². The summed E-state index contributed by atoms with van der Waals surface area (Å²) in [6.45, 7) is 36.9. The quantitative estimate of drug-likeness (QED) is 0.0944. The number of methoxy groups -OCH3 is 1. The normalized spacial score (nSPS) is 19.9. The largest absolute Gasteiger partial charge is 0.497 e. The summed E-state index contributed by atoms with van der Waals surface area (Å²) in [6, 6.07) is 0. The van der Waals surface area contributed by atoms with Crippen LogP contribution in [-0.2, 0) is 14.3 Å². The van der Waals surface area contributed by atoms with Gasteiger partial charge in [-0.2, -0.15) is 0 Å². The maximum atomic E-state index is 12.3. The monoisotopic (exact) mass is 715 g/mol. The third-order valence-corrected chi connectivity index (χ3v) is 8.34. The second-order valence-electron chi connectivity index (χ2n) is 12.2. The van der Waals surface area contributed by atoms with E-state index in [4.69, 9.17) is 9.47 Å². The first-order valence-corrected chi connectivity index (χ1v) is 19.9. The molecular weight excluding hydrogens is 633 g/mol. The van der Waals surface area contributed by atoms with Crippen LogP contribution in [0.5, 0.6) is 0 Å². The Morgan fingerprint density at radius 3 is 2.25 bits per heavy atom. The molecule has 1 saturated carbocycles. The van der Waals surface area contributed by atoms with E-state index in [9.17, 15) is 4.79 Å². The number of rotatable bonds is 16. The number of hydrogen-bond donors (Lipinski definition) is 2. The van der Waals surface area contributed by atoms with Crippen LogP contribution in [0.4, 0.5) is 0 Å². The van der Waals surface area contributed by atoms with Gasteiger partial charge in [-0.3, -0.25) is 20.1 Å². The summed E-state index contributed by atoms with van der Waals surface area (Å²) in [5.74, 6) is 1.24. The van der Waals surface area contributed by atoms with Crippen molar-refractivity contribution in [2.45, 2.75) is 142 Å². The van der Waals surface area contributed by atoms with Crippen molar-refractivity contribution in [2.24, 2.45) is 33.2 Å². The Kier molecular flexibility index (Phi) is 33.5. The molecule has 4 atom stereocenters. The number of carbonyl (C=O) groups is 1. The van der Waals surface area contributed by atoms with Crippen LogP contribution in [0.15, 0.2) is 81.3 Å². The fraction of sp³-hybridized carbons (Fsp3) is 0.659. The van der Waals surface area contributed by atoms with Crippen LogP contribution in [-0.4, -0.2) is 51.4 Å². The van der Waals surface area contributed by atoms with Crippen LogP contribution in [0.2, 0.25) is 0 Å². The topological polar surface area (TPSA) is 84.3 Å². The molecule has 1 fully saturated rings. The van der Waals surface area contributed by atoms with Crippen LogP contribution in [0, 0.1) is 23.2 Å². The van der Waals surface area contributed by atoms with E-state index in [2.05, 4.69) is 80.9 Å². The van der Waals surface area contributed by atoms with Crippen molar-refractivity contribution in [1.29, 1.82) is 0 Å². The summed E-state index contributed by atoms with van der Waals surface area (Å²) in [7, 11) is 1.48. The highest BCUT2D eigenvalue weighted by Crippen LogP contribution is 2.41. The van der Waals surface area contributed by atoms with E-state index in [1.807, 2.05) is 93.0 Å². The predicted octanol–water partition coefficient (Wildman–Crippen LogP) is 11.8. The Hall–Kier alpha value is -3.19. The van der Waals surface area contributed by atoms with Gasteiger partial charge in [0.25, 0.3) is 0 Å². The Morgan fingerprint density at radius 1 is 1.08 bits per heavy atom. The zero-order valence-corrected chi connectivity index (χ0v) is 35.9. The lowest BCUT2D eigenvalue weighted by molar-refractivity contribution is -0.149. The molecule has 296 valence electrons. The first-order valence-electron chi connectivity index (χ1n) is 19.9. The highest BCUT2D eigenvalue weighted by molar-refractivity contribution is 5.75. The van der Waals surface area contributed by atoms with E-state index in [-0.39, 0.29) is 36.7 Å². The molecule has 0 radical (unpaired) electrons. The Labute approximate surface area is 317 Å². The zero-order valence-electron chi connectivity index (χ0n) is 35.9. The third-order valence-electron chi connectivity index (χ3n) is 8.34. The maximum Gasteiger partial charge on any atom is 0.309 e. The molecule has 0 saturated heterocycles. The second-order valence-corrected chi connectivity index (χ2v) is 12.2. The number of carbonyl (C=O) groups excluding carboxylic acids is 1. The van der Waals surface area contributed by atoms with Gasteiger partial charge in [0.2, 0.25) is 0 Å². The summed E-state index contributed by atoms with van der Waals surface area (Å²) in [6.07, 6.45) is 20.6. The molecule has 0 aliphatic heterocycles. The number of nitrogens with one attached hydrogen (secondary N) is 2. The van der Waals surface area contributed by atoms with E-state index in [0.717, 1.165) is 55.7 Å². The second kappa shape index (κ2) is 32.7. The van der Waals surface area contributed by atoms with Gasteiger partial charge in [-0.1, -0.05) is 119 Å². The number of ether oxygens (including phenoxy) is 2. The molecule has 0 heterocycles. The number of nitrogens with zero attached hydrogens (tertiary/aromatic N) is 2. The molecule has 2 rings (SSSR count). The van der Waals surface area contributed by atoms with Gasteiger partial charge >= 0.3 is 5.97 Å². The van der Waals surface area contributed by atoms with Crippen molar-refractivity contribution in [3.63, 3.8) is 0 Å². The Bertz CT molecular complexity index is 1150. The smallest absolute Gasteiger partial charge is 0.309 e. The van der Waals surface area contributed by atoms with E-state index < -0.39 is 0 Å². The molecule has 2 unspecified atom stereocenters. The lowest BCUT2D eigenvalue weighted by Gasteiger charge is -2.35. The van der Waals surface area contributed by atoms with Gasteiger partial charge in [-0.05, 0) is 70.3 Å². The SMILES string of the molecule is C=C/C(CNC(C)/N=C\C=C(/C)C(C)C=N/C=C\C)=C(\NCC)C1=CC=C(OC[C@H]2CCCC[C@@H]2C(=O)OC)C(C)(C)C1.CC.CC.CC.CC.[HH]. The van der Waals surface area contributed by atoms with E-state index in [1.165, 1.54) is 18.3 Å². The third kappa shape index (κ3) is 20.4. The van der Waals surface area contributed by atoms with Crippen LogP contribution >= 0.6 is 0 Å². The summed E-state index contributed by atoms with van der Waals surface area (Å²) >= 11 is 0. The van der Waals surface area contributed by atoms with Gasteiger partial charge in [0.15, 0.2) is 0 Å². The summed E-state index contributed by atoms with van der Waals surface area (Å²) in [5, 5.41) is 7.12. The van der Waals surface area contributed by atoms with Crippen LogP contribution < -0.4 is 10.6 Å². The molecule has 0 bridgehead atoms. The molecule has 0 spiro atoms. The van der Waals surface area contributed by atoms with Crippen molar-refractivity contribution >= 4 is 18.4 Å². The van der Waals surface area contributed by atoms with Crippen molar-refractivity contribution in [1.82, 2.24) is 10.6 Å². The van der Waals surface area contributed by atoms with E-state index in [1.54, 1.807) is 6.20 Å². The number of esters is 1. The number of likely N-dealkylation sites (N-methyl/N-ethyl adjacent to an activating group) is 1. The van der Waals surface area contributed by atoms with E-state index >= 15 is 0 Å². The van der Waals surface area contributed by atoms with Gasteiger partial charge in [-0.25, -0.2) is 0 Å². The minimum absolute atomic E-state index is 0. The number of hydrogen-bond acceptors (Lipinski definition) is 7. The van der Waals surface area contributed by atoms with Gasteiger partial charge < -0.3 is 14.8 Å². The molecule has 2 aliphatic rings. The molecule has 7 nitrogen and oxygen atoms in total. The van der Waals surface area contributed by atoms with Crippen LogP contribution in [0.25, 0.3) is 0 Å². The average molecular weight is 715 g/mol. The predicted molar refractivity (Wildman–Crippen MR) is 229 cm³/mol. The lowest BCUT2D eigenvalue weighted by atomic mass is 9.78. The molecular formula is C44H82N4O3. The molecule has 51 heavy (non-hydrogen) atoms. The van der Waals surface area contributed by atoms with Gasteiger partial charge in [0.1, 0.15) is 5.76 Å². The fourth-order valence-electron chi connectivity index (χ4n) is 5.51. The van der Waals surface area contributed by atoms with Gasteiger partial charge in [-0.15, -0.1) is 0 Å². The Morgan fingerprint density at radius 2 is 1.71 bits per heavy atom. The van der Waals surface area contributed by atoms with Crippen molar-refractivity contribution in [3.8, 4) is 0 Å². The maximum absolute atomic E-state index is 12.3. The lowest BCUT2D eigenvalue weighted by Crippen LogP contribution is -2.33. The van der Waals surface area contributed by atoms with Crippen molar-refractivity contribution < 1.29 is 15.7 Å². The van der Waals surface area contributed by atoms with Gasteiger partial charge in [0, 0.05) is 56.1 Å². The fourth-order valence-corrected chi connectivity index (χ4v) is 5.51. The first kappa shape index (κ1) is 52.2. The summed E-state index contributed by atoms with van der Waals surface area (Å²) in [5.41, 5.74) is 4.45. The molecule has 7 heteroatoms. The summed E-state index contributed by atoms with van der Waals surface area (Å²) in [4.78, 5) is 21.3. The molecule has 0 aromatic heterocycles. The standard InChI is InChI=1S/C36H56N4O3.4C2H6.H2/c1-10-20-37-23-27(5)26(4)19-21-39-28(6)40-24-29(11-2)34(38-12-3)30-17-18-33(36(7,8)22-30)43-25-31-15-13-14-16-32(31)35(41)42-9;4*1-2;/h10-11,17-21,23,27-28,31-32,38,40H,2,12-16,22,24-25H2,1,3-9H3;4*1-2H3;1H/b20-10-,26-19+,34-29+,37-23?,39-21-;;;;;/t27?,28?,31-,32+;;;;;/m1...../s1. The summed E-state index contributed by atoms with van der Waals surface area (Å²) < 4.78 is 11.5. The highest BCUT2D eigenvalue weighted by Gasteiger charge is 2.35. The van der Waals surface area contributed by atoms with Crippen LogP contribution in [0.1, 0.15) is 137 Å². The minimum Gasteiger partial charge on any atom is -0.497 e. The first-order chi connectivity index (χ1) is 24.6. The molecule has 2 aliphatic carbocycles. The molecule has 0 aromatic rings. The molecule has 0 amide bonds. The Balaban J connectivity index is -0.00000119. The number of aliphatic imine (C=N–C) groups is 2. The molecule has 0 aromatic carbocycles. The van der Waals surface area contributed by atoms with Crippen LogP contribution in [0.3, 0.4) is 0 Å².